The van der Waals surface area contributed by atoms with Gasteiger partial charge in [0, 0.05) is 44.6 Å². The van der Waals surface area contributed by atoms with E-state index in [2.05, 4.69) is 30.1 Å². The van der Waals surface area contributed by atoms with Crippen LogP contribution in [0.15, 0.2) is 24.5 Å². The molecule has 3 heterocycles. The quantitative estimate of drug-likeness (QED) is 0.829. The molecule has 0 radical (unpaired) electrons. The second kappa shape index (κ2) is 7.71. The van der Waals surface area contributed by atoms with Gasteiger partial charge in [0.2, 0.25) is 5.91 Å². The van der Waals surface area contributed by atoms with Gasteiger partial charge in [-0.2, -0.15) is 0 Å². The Hall–Kier alpha value is -2.74. The molecule has 0 aromatic carbocycles. The Balaban J connectivity index is 2.00. The number of nitrogens with one attached hydrogen (secondary N) is 2. The molecule has 2 aromatic rings. The van der Waals surface area contributed by atoms with Crippen molar-refractivity contribution in [2.75, 3.05) is 20.6 Å². The summed E-state index contributed by atoms with van der Waals surface area (Å²) in [6, 6.07) is 3.13. The van der Waals surface area contributed by atoms with E-state index < -0.39 is 11.5 Å². The number of hydrogen-bond donors (Lipinski definition) is 2. The lowest BCUT2D eigenvalue weighted by Gasteiger charge is -2.30. The number of carbonyl (C=O) groups is 2. The van der Waals surface area contributed by atoms with Gasteiger partial charge in [0.15, 0.2) is 5.69 Å². The number of likely N-dealkylation sites (N-methyl/N-ethyl adjacent to an activating group) is 2. The van der Waals surface area contributed by atoms with E-state index in [0.29, 0.717) is 12.2 Å². The van der Waals surface area contributed by atoms with E-state index in [1.807, 2.05) is 40.0 Å². The number of carbonyl (C=O) groups excluding carboxylic acids is 2. The average Bonchev–Trinajstić information content (AvgIpc) is 3.03. The van der Waals surface area contributed by atoms with Crippen molar-refractivity contribution in [1.29, 1.82) is 0 Å². The van der Waals surface area contributed by atoms with E-state index in [0.717, 1.165) is 30.2 Å². The zero-order valence-corrected chi connectivity index (χ0v) is 17.1. The van der Waals surface area contributed by atoms with Crippen LogP contribution in [0.1, 0.15) is 37.0 Å². The van der Waals surface area contributed by atoms with E-state index in [9.17, 15) is 9.59 Å². The highest BCUT2D eigenvalue weighted by atomic mass is 16.2. The maximum absolute atomic E-state index is 13.1. The zero-order valence-electron chi connectivity index (χ0n) is 17.1. The molecule has 0 aliphatic carbocycles. The third kappa shape index (κ3) is 3.91. The summed E-state index contributed by atoms with van der Waals surface area (Å²) in [7, 11) is 3.59. The van der Waals surface area contributed by atoms with Crippen molar-refractivity contribution in [3.05, 3.63) is 35.9 Å². The van der Waals surface area contributed by atoms with E-state index in [1.165, 1.54) is 0 Å². The SMILES string of the molecule is CNC(=O)[C@@H](NC(=O)c1nc(-c2cccnc2)n2c1CN(C)CC2)C(C)(C)C. The molecule has 1 aliphatic rings. The maximum atomic E-state index is 13.1. The highest BCUT2D eigenvalue weighted by Crippen LogP contribution is 2.26. The lowest BCUT2D eigenvalue weighted by atomic mass is 9.86. The molecule has 0 saturated carbocycles. The fourth-order valence-electron chi connectivity index (χ4n) is 3.41. The van der Waals surface area contributed by atoms with Gasteiger partial charge >= 0.3 is 0 Å². The van der Waals surface area contributed by atoms with Gasteiger partial charge in [-0.25, -0.2) is 4.98 Å². The van der Waals surface area contributed by atoms with Crippen molar-refractivity contribution in [2.45, 2.75) is 39.9 Å². The molecule has 0 bridgehead atoms. The van der Waals surface area contributed by atoms with Crippen LogP contribution in [0.5, 0.6) is 0 Å². The fourth-order valence-corrected chi connectivity index (χ4v) is 3.41. The maximum Gasteiger partial charge on any atom is 0.272 e. The Morgan fingerprint density at radius 2 is 2.00 bits per heavy atom. The van der Waals surface area contributed by atoms with Crippen molar-refractivity contribution in [3.63, 3.8) is 0 Å². The molecular formula is C20H28N6O2. The molecule has 2 amide bonds. The molecule has 2 aromatic heterocycles. The predicted octanol–water partition coefficient (Wildman–Crippen LogP) is 1.28. The Labute approximate surface area is 165 Å². The largest absolute Gasteiger partial charge is 0.357 e. The van der Waals surface area contributed by atoms with Crippen molar-refractivity contribution in [1.82, 2.24) is 30.1 Å². The molecule has 3 rings (SSSR count). The Bertz CT molecular complexity index is 869. The molecule has 0 fully saturated rings. The number of pyridine rings is 1. The summed E-state index contributed by atoms with van der Waals surface area (Å²) in [6.07, 6.45) is 3.46. The molecule has 0 spiro atoms. The van der Waals surface area contributed by atoms with Crippen LogP contribution in [-0.4, -0.2) is 57.9 Å². The van der Waals surface area contributed by atoms with Gasteiger partial charge in [0.05, 0.1) is 5.69 Å². The zero-order chi connectivity index (χ0) is 20.5. The standard InChI is InChI=1S/C20H28N6O2/c1-20(2,3)16(19(28)21-4)24-18(27)15-14-12-25(5)9-10-26(14)17(23-15)13-7-6-8-22-11-13/h6-8,11,16H,9-10,12H2,1-5H3,(H,21,28)(H,24,27)/t16-/m1/s1. The summed E-state index contributed by atoms with van der Waals surface area (Å²) in [6.45, 7) is 8.01. The minimum atomic E-state index is -0.662. The highest BCUT2D eigenvalue weighted by Gasteiger charge is 2.34. The van der Waals surface area contributed by atoms with Gasteiger partial charge in [-0.15, -0.1) is 0 Å². The first kappa shape index (κ1) is 20.0. The summed E-state index contributed by atoms with van der Waals surface area (Å²) >= 11 is 0. The molecule has 0 unspecified atom stereocenters. The molecule has 0 saturated heterocycles. The van der Waals surface area contributed by atoms with Crippen LogP contribution in [0, 0.1) is 5.41 Å². The minimum absolute atomic E-state index is 0.224. The van der Waals surface area contributed by atoms with E-state index >= 15 is 0 Å². The minimum Gasteiger partial charge on any atom is -0.357 e. The first-order valence-corrected chi connectivity index (χ1v) is 9.43. The molecule has 1 aliphatic heterocycles. The van der Waals surface area contributed by atoms with Gasteiger partial charge < -0.3 is 15.2 Å². The molecule has 8 nitrogen and oxygen atoms in total. The van der Waals surface area contributed by atoms with E-state index in [1.54, 1.807) is 19.4 Å². The van der Waals surface area contributed by atoms with Crippen LogP contribution in [-0.2, 0) is 17.9 Å². The molecule has 150 valence electrons. The van der Waals surface area contributed by atoms with Gasteiger partial charge in [0.1, 0.15) is 11.9 Å². The van der Waals surface area contributed by atoms with Gasteiger partial charge in [-0.1, -0.05) is 20.8 Å². The highest BCUT2D eigenvalue weighted by molar-refractivity contribution is 5.97. The summed E-state index contributed by atoms with van der Waals surface area (Å²) in [5, 5.41) is 5.53. The van der Waals surface area contributed by atoms with Crippen LogP contribution in [0.2, 0.25) is 0 Å². The second-order valence-corrected chi connectivity index (χ2v) is 8.25. The van der Waals surface area contributed by atoms with Crippen LogP contribution >= 0.6 is 0 Å². The number of fused-ring (bicyclic) bond motifs is 1. The Kier molecular flexibility index (Phi) is 5.51. The van der Waals surface area contributed by atoms with E-state index in [4.69, 9.17) is 0 Å². The van der Waals surface area contributed by atoms with Gasteiger partial charge in [-0.05, 0) is 24.6 Å². The monoisotopic (exact) mass is 384 g/mol. The summed E-state index contributed by atoms with van der Waals surface area (Å²) in [5.41, 5.74) is 1.66. The van der Waals surface area contributed by atoms with Crippen LogP contribution in [0.4, 0.5) is 0 Å². The summed E-state index contributed by atoms with van der Waals surface area (Å²) in [5.74, 6) is 0.171. The molecule has 8 heteroatoms. The lowest BCUT2D eigenvalue weighted by molar-refractivity contribution is -0.124. The van der Waals surface area contributed by atoms with Crippen molar-refractivity contribution >= 4 is 11.8 Å². The van der Waals surface area contributed by atoms with Crippen LogP contribution < -0.4 is 10.6 Å². The second-order valence-electron chi connectivity index (χ2n) is 8.25. The molecule has 1 atom stereocenters. The topological polar surface area (TPSA) is 92.1 Å². The molecule has 28 heavy (non-hydrogen) atoms. The third-order valence-corrected chi connectivity index (χ3v) is 4.98. The van der Waals surface area contributed by atoms with Crippen molar-refractivity contribution in [2.24, 2.45) is 5.41 Å². The fraction of sp³-hybridized carbons (Fsp3) is 0.500. The average molecular weight is 384 g/mol. The number of nitrogens with zero attached hydrogens (tertiary/aromatic N) is 4. The predicted molar refractivity (Wildman–Crippen MR) is 107 cm³/mol. The normalized spacial score (nSPS) is 15.6. The van der Waals surface area contributed by atoms with Gasteiger partial charge in [0.25, 0.3) is 5.91 Å². The Morgan fingerprint density at radius 3 is 2.61 bits per heavy atom. The first-order chi connectivity index (χ1) is 13.2. The summed E-state index contributed by atoms with van der Waals surface area (Å²) in [4.78, 5) is 36.5. The summed E-state index contributed by atoms with van der Waals surface area (Å²) < 4.78 is 2.08. The molecule has 2 N–H and O–H groups in total. The van der Waals surface area contributed by atoms with Crippen molar-refractivity contribution < 1.29 is 9.59 Å². The van der Waals surface area contributed by atoms with E-state index in [-0.39, 0.29) is 11.8 Å². The Morgan fingerprint density at radius 1 is 1.25 bits per heavy atom. The lowest BCUT2D eigenvalue weighted by Crippen LogP contribution is -2.53. The number of rotatable bonds is 4. The first-order valence-electron chi connectivity index (χ1n) is 9.43. The number of hydrogen-bond acceptors (Lipinski definition) is 5. The van der Waals surface area contributed by atoms with Gasteiger partial charge in [-0.3, -0.25) is 19.5 Å². The smallest absolute Gasteiger partial charge is 0.272 e. The number of aromatic nitrogens is 3. The molecular weight excluding hydrogens is 356 g/mol. The van der Waals surface area contributed by atoms with Crippen molar-refractivity contribution in [3.8, 4) is 11.4 Å². The van der Waals surface area contributed by atoms with Crippen LogP contribution in [0.25, 0.3) is 11.4 Å². The van der Waals surface area contributed by atoms with Crippen LogP contribution in [0.3, 0.4) is 0 Å². The third-order valence-electron chi connectivity index (χ3n) is 4.98. The number of imidazole rings is 1. The number of amides is 2.